The summed E-state index contributed by atoms with van der Waals surface area (Å²) in [7, 11) is 0. The molecule has 0 saturated carbocycles. The average Bonchev–Trinajstić information content (AvgIpc) is 4.00. The van der Waals surface area contributed by atoms with Gasteiger partial charge in [0, 0.05) is 12.1 Å². The molecule has 2 saturated heterocycles. The van der Waals surface area contributed by atoms with Crippen LogP contribution in [0.3, 0.4) is 0 Å². The van der Waals surface area contributed by atoms with Gasteiger partial charge in [0.2, 0.25) is 11.8 Å². The van der Waals surface area contributed by atoms with E-state index >= 15 is 19.2 Å². The number of nitrogens with zero attached hydrogens (tertiary/aromatic N) is 5. The smallest absolute Gasteiger partial charge is 0.329 e. The zero-order chi connectivity index (χ0) is 52.3. The standard InChI is InChI=1S/C61H53N7O8/c1-39(41-18-6-2-7-19-41)63-60(74)67-49-33-28-40(17-16-34-66-50-27-15-14-26-48(50)64-65-66)37-47(49)61(59(67)73)52(57(71)62-38-51(70)42-20-8-3-9-21-42)54-58(72)76-55(44-24-12-5-13-25-44)53(43-22-10-4-11-23-43)68(54)56(61)45-29-31-46(32-30-45)75-36-35-69/h2-15,18-33,37,39,51-56,69-70H,34-36,38H2,1H3,(H,62,71)(H,63,74)/t39-,51+,52-,53-,54-,55+,56+,61-/m1/s1. The molecular weight excluding hydrogens is 959 g/mol. The highest BCUT2D eigenvalue weighted by Crippen LogP contribution is 2.66. The summed E-state index contributed by atoms with van der Waals surface area (Å²) in [5.74, 6) is 3.05. The number of benzene rings is 7. The summed E-state index contributed by atoms with van der Waals surface area (Å²) in [5, 5.41) is 35.9. The molecule has 4 heterocycles. The molecule has 0 radical (unpaired) electrons. The van der Waals surface area contributed by atoms with Crippen molar-refractivity contribution in [1.29, 1.82) is 0 Å². The summed E-state index contributed by atoms with van der Waals surface area (Å²) < 4.78 is 14.2. The van der Waals surface area contributed by atoms with E-state index in [0.717, 1.165) is 21.5 Å². The van der Waals surface area contributed by atoms with Gasteiger partial charge >= 0.3 is 12.0 Å². The van der Waals surface area contributed by atoms with Crippen molar-refractivity contribution in [3.05, 3.63) is 227 Å². The zero-order valence-electron chi connectivity index (χ0n) is 41.3. The third kappa shape index (κ3) is 8.91. The molecule has 15 nitrogen and oxygen atoms in total. The van der Waals surface area contributed by atoms with E-state index in [0.29, 0.717) is 33.5 Å². The number of anilines is 1. The maximum absolute atomic E-state index is 16.8. The highest BCUT2D eigenvalue weighted by Gasteiger charge is 2.75. The van der Waals surface area contributed by atoms with Crippen molar-refractivity contribution in [2.24, 2.45) is 5.92 Å². The van der Waals surface area contributed by atoms with Crippen LogP contribution in [-0.4, -0.2) is 79.7 Å². The molecule has 380 valence electrons. The fourth-order valence-corrected chi connectivity index (χ4v) is 11.3. The number of amides is 4. The number of aliphatic hydroxyl groups excluding tert-OH is 2. The number of urea groups is 1. The lowest BCUT2D eigenvalue weighted by atomic mass is 9.65. The van der Waals surface area contributed by atoms with Crippen LogP contribution < -0.4 is 20.3 Å². The summed E-state index contributed by atoms with van der Waals surface area (Å²) in [5.41, 5.74) is 3.57. The van der Waals surface area contributed by atoms with Crippen molar-refractivity contribution in [3.8, 4) is 17.6 Å². The van der Waals surface area contributed by atoms with E-state index in [2.05, 4.69) is 32.8 Å². The first-order valence-electron chi connectivity index (χ1n) is 25.2. The normalized spacial score (nSPS) is 21.5. The number of para-hydroxylation sites is 1. The van der Waals surface area contributed by atoms with Gasteiger partial charge in [-0.3, -0.25) is 19.3 Å². The second kappa shape index (κ2) is 21.1. The summed E-state index contributed by atoms with van der Waals surface area (Å²) >= 11 is 0. The molecular formula is C61H53N7O8. The maximum atomic E-state index is 16.8. The molecule has 3 aliphatic rings. The van der Waals surface area contributed by atoms with Gasteiger partial charge < -0.3 is 30.3 Å². The topological polar surface area (TPSA) is 188 Å². The lowest BCUT2D eigenvalue weighted by Crippen LogP contribution is -2.56. The summed E-state index contributed by atoms with van der Waals surface area (Å²) in [6.45, 7) is 1.49. The van der Waals surface area contributed by atoms with Crippen LogP contribution in [0.2, 0.25) is 0 Å². The first-order chi connectivity index (χ1) is 37.2. The maximum Gasteiger partial charge on any atom is 0.329 e. The molecule has 11 rings (SSSR count). The molecule has 8 aromatic rings. The first-order valence-corrected chi connectivity index (χ1v) is 25.2. The number of rotatable bonds is 13. The Balaban J connectivity index is 1.15. The van der Waals surface area contributed by atoms with Gasteiger partial charge in [0.1, 0.15) is 42.0 Å². The van der Waals surface area contributed by atoms with Crippen LogP contribution in [0.5, 0.6) is 5.75 Å². The fourth-order valence-electron chi connectivity index (χ4n) is 11.3. The number of esters is 1. The molecule has 2 fully saturated rings. The second-order valence-electron chi connectivity index (χ2n) is 19.1. The van der Waals surface area contributed by atoms with Crippen LogP contribution in [0.15, 0.2) is 188 Å². The third-order valence-corrected chi connectivity index (χ3v) is 14.7. The number of cyclic esters (lactones) is 1. The van der Waals surface area contributed by atoms with Crippen LogP contribution >= 0.6 is 0 Å². The molecule has 3 aliphatic heterocycles. The Morgan fingerprint density at radius 1 is 0.763 bits per heavy atom. The van der Waals surface area contributed by atoms with E-state index in [1.165, 1.54) is 0 Å². The SMILES string of the molecule is C[C@@H](NC(=O)N1C(=O)[C@@]2(c3cc(C#CCn4nnc5ccccc54)ccc31)[C@H](c1ccc(OCCO)cc1)N1[C@H](c3ccccc3)[C@H](c3ccccc3)OC(=O)[C@H]1[C@@H]2C(=O)NC[C@H](O)c1ccccc1)c1ccccc1. The molecule has 1 spiro atoms. The van der Waals surface area contributed by atoms with Gasteiger partial charge in [0.15, 0.2) is 0 Å². The number of aliphatic hydroxyl groups is 2. The van der Waals surface area contributed by atoms with Crippen LogP contribution in [-0.2, 0) is 31.1 Å². The number of carbonyl (C=O) groups is 4. The van der Waals surface area contributed by atoms with Crippen LogP contribution in [0.25, 0.3) is 11.0 Å². The van der Waals surface area contributed by atoms with E-state index in [4.69, 9.17) is 9.47 Å². The first kappa shape index (κ1) is 49.3. The van der Waals surface area contributed by atoms with E-state index in [1.54, 1.807) is 71.4 Å². The molecule has 15 heteroatoms. The Hall–Kier alpha value is -8.94. The largest absolute Gasteiger partial charge is 0.491 e. The van der Waals surface area contributed by atoms with Gasteiger partial charge in [0.05, 0.1) is 48.0 Å². The molecule has 0 unspecified atom stereocenters. The van der Waals surface area contributed by atoms with Gasteiger partial charge in [-0.15, -0.1) is 5.10 Å². The van der Waals surface area contributed by atoms with Crippen LogP contribution in [0, 0.1) is 17.8 Å². The number of ether oxygens (including phenoxy) is 2. The predicted molar refractivity (Wildman–Crippen MR) is 283 cm³/mol. The van der Waals surface area contributed by atoms with E-state index in [1.807, 2.05) is 133 Å². The predicted octanol–water partition coefficient (Wildman–Crippen LogP) is 7.84. The van der Waals surface area contributed by atoms with E-state index in [-0.39, 0.29) is 37.6 Å². The summed E-state index contributed by atoms with van der Waals surface area (Å²) in [4.78, 5) is 66.6. The number of aromatic nitrogens is 3. The Morgan fingerprint density at radius 2 is 1.41 bits per heavy atom. The van der Waals surface area contributed by atoms with Gasteiger partial charge in [-0.05, 0) is 82.8 Å². The van der Waals surface area contributed by atoms with Crippen molar-refractivity contribution in [3.63, 3.8) is 0 Å². The highest BCUT2D eigenvalue weighted by molar-refractivity contribution is 6.24. The average molecular weight is 1010 g/mol. The molecule has 8 atom stereocenters. The Bertz CT molecular complexity index is 3480. The minimum Gasteiger partial charge on any atom is -0.491 e. The number of morpholine rings is 1. The van der Waals surface area contributed by atoms with Gasteiger partial charge in [-0.1, -0.05) is 163 Å². The van der Waals surface area contributed by atoms with Crippen LogP contribution in [0.4, 0.5) is 10.5 Å². The Morgan fingerprint density at radius 3 is 2.11 bits per heavy atom. The van der Waals surface area contributed by atoms with Crippen molar-refractivity contribution in [1.82, 2.24) is 30.5 Å². The third-order valence-electron chi connectivity index (χ3n) is 14.7. The number of fused-ring (bicyclic) bond motifs is 4. The molecule has 0 bridgehead atoms. The minimum atomic E-state index is -2.10. The van der Waals surface area contributed by atoms with Crippen molar-refractivity contribution in [2.45, 2.75) is 55.3 Å². The highest BCUT2D eigenvalue weighted by atomic mass is 16.6. The summed E-state index contributed by atoms with van der Waals surface area (Å²) in [6, 6.07) is 51.9. The van der Waals surface area contributed by atoms with Crippen molar-refractivity contribution >= 4 is 40.5 Å². The fraction of sp³-hybridized carbons (Fsp3) is 0.213. The number of hydrogen-bond acceptors (Lipinski definition) is 11. The Kier molecular flexibility index (Phi) is 13.7. The molecule has 7 aromatic carbocycles. The molecule has 4 N–H and O–H groups in total. The molecule has 4 amide bonds. The lowest BCUT2D eigenvalue weighted by molar-refractivity contribution is -0.178. The zero-order valence-corrected chi connectivity index (χ0v) is 41.3. The van der Waals surface area contributed by atoms with Gasteiger partial charge in [-0.25, -0.2) is 14.4 Å². The number of imide groups is 1. The monoisotopic (exact) mass is 1010 g/mol. The number of carbonyl (C=O) groups excluding carboxylic acids is 4. The van der Waals surface area contributed by atoms with Gasteiger partial charge in [0.25, 0.3) is 0 Å². The number of nitrogens with one attached hydrogen (secondary N) is 2. The quantitative estimate of drug-likeness (QED) is 0.0651. The summed E-state index contributed by atoms with van der Waals surface area (Å²) in [6.07, 6.45) is -2.12. The van der Waals surface area contributed by atoms with Crippen molar-refractivity contribution < 1.29 is 38.9 Å². The number of hydrogen-bond donors (Lipinski definition) is 4. The van der Waals surface area contributed by atoms with E-state index in [9.17, 15) is 10.2 Å². The van der Waals surface area contributed by atoms with Gasteiger partial charge in [-0.2, -0.15) is 0 Å². The second-order valence-corrected chi connectivity index (χ2v) is 19.1. The van der Waals surface area contributed by atoms with Crippen molar-refractivity contribution in [2.75, 3.05) is 24.7 Å². The Labute approximate surface area is 438 Å². The lowest BCUT2D eigenvalue weighted by Gasteiger charge is -2.46. The van der Waals surface area contributed by atoms with Crippen LogP contribution in [0.1, 0.15) is 76.2 Å². The molecule has 0 aliphatic carbocycles. The minimum absolute atomic E-state index is 0.0208. The van der Waals surface area contributed by atoms with E-state index < -0.39 is 71.5 Å². The molecule has 1 aromatic heterocycles. The molecule has 76 heavy (non-hydrogen) atoms.